The van der Waals surface area contributed by atoms with Crippen molar-refractivity contribution in [1.29, 1.82) is 0 Å². The van der Waals surface area contributed by atoms with E-state index in [4.69, 9.17) is 5.11 Å². The molecular formula is C16H20N2O3S2. The third kappa shape index (κ3) is 6.58. The number of carbonyl (C=O) groups excluding carboxylic acids is 1. The number of nitrogens with one attached hydrogen (secondary N) is 1. The van der Waals surface area contributed by atoms with Gasteiger partial charge in [-0.15, -0.1) is 11.3 Å². The molecule has 0 aliphatic carbocycles. The van der Waals surface area contributed by atoms with Crippen LogP contribution in [-0.2, 0) is 9.59 Å². The quantitative estimate of drug-likeness (QED) is 0.505. The van der Waals surface area contributed by atoms with Gasteiger partial charge >= 0.3 is 5.97 Å². The molecule has 7 heteroatoms. The Bertz CT molecular complexity index is 625. The number of benzene rings is 1. The Balaban J connectivity index is 1.57. The zero-order valence-electron chi connectivity index (χ0n) is 12.8. The number of unbranched alkanes of at least 4 members (excludes halogenated alkanes) is 3. The number of carbonyl (C=O) groups is 2. The summed E-state index contributed by atoms with van der Waals surface area (Å²) in [6.45, 7) is 0.645. The predicted molar refractivity (Wildman–Crippen MR) is 94.1 cm³/mol. The van der Waals surface area contributed by atoms with Crippen molar-refractivity contribution in [3.8, 4) is 0 Å². The summed E-state index contributed by atoms with van der Waals surface area (Å²) in [5.74, 6) is -0.358. The van der Waals surface area contributed by atoms with Crippen molar-refractivity contribution in [2.75, 3.05) is 12.3 Å². The molecule has 2 N–H and O–H groups in total. The van der Waals surface area contributed by atoms with Crippen LogP contribution in [0, 0.1) is 0 Å². The molecule has 0 atom stereocenters. The zero-order valence-corrected chi connectivity index (χ0v) is 14.4. The van der Waals surface area contributed by atoms with Crippen molar-refractivity contribution < 1.29 is 14.7 Å². The van der Waals surface area contributed by atoms with Crippen molar-refractivity contribution in [2.24, 2.45) is 0 Å². The largest absolute Gasteiger partial charge is 0.481 e. The van der Waals surface area contributed by atoms with Crippen molar-refractivity contribution >= 4 is 45.2 Å². The fraction of sp³-hybridized carbons (Fsp3) is 0.438. The van der Waals surface area contributed by atoms with Crippen molar-refractivity contribution in [2.45, 2.75) is 36.4 Å². The Kier molecular flexibility index (Phi) is 7.35. The van der Waals surface area contributed by atoms with Crippen LogP contribution in [0.5, 0.6) is 0 Å². The van der Waals surface area contributed by atoms with E-state index in [1.807, 2.05) is 24.3 Å². The third-order valence-electron chi connectivity index (χ3n) is 3.24. The van der Waals surface area contributed by atoms with Gasteiger partial charge in [-0.3, -0.25) is 9.59 Å². The predicted octanol–water partition coefficient (Wildman–Crippen LogP) is 3.54. The van der Waals surface area contributed by atoms with Gasteiger partial charge in [0.2, 0.25) is 5.91 Å². The summed E-state index contributed by atoms with van der Waals surface area (Å²) in [6.07, 6.45) is 3.65. The van der Waals surface area contributed by atoms with Crippen LogP contribution >= 0.6 is 23.1 Å². The van der Waals surface area contributed by atoms with E-state index in [0.29, 0.717) is 18.7 Å². The molecule has 1 heterocycles. The number of amides is 1. The van der Waals surface area contributed by atoms with Crippen molar-refractivity contribution in [3.63, 3.8) is 0 Å². The fourth-order valence-electron chi connectivity index (χ4n) is 2.07. The van der Waals surface area contributed by atoms with Crippen LogP contribution in [0.2, 0.25) is 0 Å². The number of aromatic nitrogens is 1. The molecule has 2 aromatic rings. The Labute approximate surface area is 143 Å². The maximum atomic E-state index is 11.8. The molecule has 2 rings (SSSR count). The summed E-state index contributed by atoms with van der Waals surface area (Å²) in [4.78, 5) is 26.6. The molecule has 0 saturated carbocycles. The molecule has 0 unspecified atom stereocenters. The lowest BCUT2D eigenvalue weighted by Crippen LogP contribution is -2.26. The first kappa shape index (κ1) is 17.7. The number of thioether (sulfide) groups is 1. The summed E-state index contributed by atoms with van der Waals surface area (Å²) in [6, 6.07) is 7.94. The first-order valence-corrected chi connectivity index (χ1v) is 9.42. The first-order chi connectivity index (χ1) is 11.1. The minimum Gasteiger partial charge on any atom is -0.481 e. The van der Waals surface area contributed by atoms with Gasteiger partial charge in [0.15, 0.2) is 4.34 Å². The second kappa shape index (κ2) is 9.52. The van der Waals surface area contributed by atoms with E-state index in [0.717, 1.165) is 33.8 Å². The average Bonchev–Trinajstić information content (AvgIpc) is 2.94. The Morgan fingerprint density at radius 3 is 2.74 bits per heavy atom. The molecule has 124 valence electrons. The van der Waals surface area contributed by atoms with E-state index >= 15 is 0 Å². The van der Waals surface area contributed by atoms with E-state index in [-0.39, 0.29) is 12.3 Å². The minimum absolute atomic E-state index is 0.0137. The van der Waals surface area contributed by atoms with E-state index in [1.165, 1.54) is 11.8 Å². The van der Waals surface area contributed by atoms with Crippen LogP contribution in [0.3, 0.4) is 0 Å². The number of aliphatic carboxylic acids is 1. The maximum absolute atomic E-state index is 11.8. The van der Waals surface area contributed by atoms with E-state index in [2.05, 4.69) is 10.3 Å². The Morgan fingerprint density at radius 1 is 1.17 bits per heavy atom. The molecule has 1 aromatic heterocycles. The molecule has 0 spiro atoms. The van der Waals surface area contributed by atoms with Gasteiger partial charge in [-0.2, -0.15) is 0 Å². The standard InChI is InChI=1S/C16H20N2O3S2/c19-14(17-10-6-2-1-3-9-15(20)21)11-22-16-18-12-7-4-5-8-13(12)23-16/h4-5,7-8H,1-3,6,9-11H2,(H,17,19)(H,20,21). The highest BCUT2D eigenvalue weighted by atomic mass is 32.2. The second-order valence-electron chi connectivity index (χ2n) is 5.14. The topological polar surface area (TPSA) is 79.3 Å². The highest BCUT2D eigenvalue weighted by molar-refractivity contribution is 8.01. The summed E-state index contributed by atoms with van der Waals surface area (Å²) >= 11 is 3.06. The van der Waals surface area contributed by atoms with E-state index in [9.17, 15) is 9.59 Å². The van der Waals surface area contributed by atoms with Gasteiger partial charge in [0.1, 0.15) is 0 Å². The zero-order chi connectivity index (χ0) is 16.5. The highest BCUT2D eigenvalue weighted by Gasteiger charge is 2.07. The van der Waals surface area contributed by atoms with Gasteiger partial charge in [0.05, 0.1) is 16.0 Å². The molecule has 0 aliphatic heterocycles. The molecular weight excluding hydrogens is 332 g/mol. The van der Waals surface area contributed by atoms with Crippen molar-refractivity contribution in [1.82, 2.24) is 10.3 Å². The lowest BCUT2D eigenvalue weighted by atomic mass is 10.1. The number of fused-ring (bicyclic) bond motifs is 1. The number of hydrogen-bond donors (Lipinski definition) is 2. The van der Waals surface area contributed by atoms with Crippen LogP contribution in [0.4, 0.5) is 0 Å². The van der Waals surface area contributed by atoms with Crippen LogP contribution in [0.15, 0.2) is 28.6 Å². The van der Waals surface area contributed by atoms with Crippen molar-refractivity contribution in [3.05, 3.63) is 24.3 Å². The third-order valence-corrected chi connectivity index (χ3v) is 5.42. The van der Waals surface area contributed by atoms with E-state index in [1.54, 1.807) is 11.3 Å². The summed E-state index contributed by atoms with van der Waals surface area (Å²) in [5.41, 5.74) is 0.974. The van der Waals surface area contributed by atoms with Crippen LogP contribution in [-0.4, -0.2) is 34.3 Å². The molecule has 5 nitrogen and oxygen atoms in total. The van der Waals surface area contributed by atoms with Gasteiger partial charge < -0.3 is 10.4 Å². The number of carboxylic acids is 1. The average molecular weight is 352 g/mol. The summed E-state index contributed by atoms with van der Waals surface area (Å²) in [5, 5.41) is 11.4. The number of nitrogens with zero attached hydrogens (tertiary/aromatic N) is 1. The second-order valence-corrected chi connectivity index (χ2v) is 7.40. The molecule has 0 radical (unpaired) electrons. The number of hydrogen-bond acceptors (Lipinski definition) is 5. The smallest absolute Gasteiger partial charge is 0.303 e. The molecule has 23 heavy (non-hydrogen) atoms. The first-order valence-electron chi connectivity index (χ1n) is 7.62. The monoisotopic (exact) mass is 352 g/mol. The minimum atomic E-state index is -0.745. The van der Waals surface area contributed by atoms with Gasteiger partial charge in [-0.05, 0) is 25.0 Å². The lowest BCUT2D eigenvalue weighted by Gasteiger charge is -2.04. The molecule has 0 aliphatic rings. The summed E-state index contributed by atoms with van der Waals surface area (Å²) in [7, 11) is 0. The van der Waals surface area contributed by atoms with Gasteiger partial charge in [0.25, 0.3) is 0 Å². The maximum Gasteiger partial charge on any atom is 0.303 e. The molecule has 0 saturated heterocycles. The Hall–Kier alpha value is -1.60. The molecule has 0 bridgehead atoms. The SMILES string of the molecule is O=C(O)CCCCCCNC(=O)CSc1nc2ccccc2s1. The van der Waals surface area contributed by atoms with Gasteiger partial charge in [-0.1, -0.05) is 36.7 Å². The normalized spacial score (nSPS) is 10.8. The molecule has 0 fully saturated rings. The number of thiazole rings is 1. The van der Waals surface area contributed by atoms with E-state index < -0.39 is 5.97 Å². The number of para-hydroxylation sites is 1. The lowest BCUT2D eigenvalue weighted by molar-refractivity contribution is -0.137. The highest BCUT2D eigenvalue weighted by Crippen LogP contribution is 2.28. The Morgan fingerprint density at radius 2 is 1.96 bits per heavy atom. The summed E-state index contributed by atoms with van der Waals surface area (Å²) < 4.78 is 2.05. The number of rotatable bonds is 10. The van der Waals surface area contributed by atoms with Crippen LogP contribution in [0.25, 0.3) is 10.2 Å². The molecule has 1 amide bonds. The van der Waals surface area contributed by atoms with Gasteiger partial charge in [0, 0.05) is 13.0 Å². The van der Waals surface area contributed by atoms with Crippen LogP contribution < -0.4 is 5.32 Å². The van der Waals surface area contributed by atoms with Crippen LogP contribution in [0.1, 0.15) is 32.1 Å². The van der Waals surface area contributed by atoms with Gasteiger partial charge in [-0.25, -0.2) is 4.98 Å². The molecule has 1 aromatic carbocycles. The number of carboxylic acid groups (broad SMARTS) is 1. The fourth-order valence-corrected chi connectivity index (χ4v) is 3.97.